The monoisotopic (exact) mass is 645 g/mol. The molecule has 3 N–H and O–H groups in total. The van der Waals surface area contributed by atoms with Gasteiger partial charge in [0.05, 0.1) is 42.8 Å². The zero-order valence-electron chi connectivity index (χ0n) is 23.7. The van der Waals surface area contributed by atoms with Crippen LogP contribution >= 0.6 is 0 Å². The van der Waals surface area contributed by atoms with Crippen LogP contribution in [0.5, 0.6) is 0 Å². The number of nitrogens with one attached hydrogen (secondary N) is 3. The largest absolute Gasteiger partial charge is 0.348 e. The molecule has 0 atom stereocenters. The summed E-state index contributed by atoms with van der Waals surface area (Å²) in [5.41, 5.74) is -4.69. The van der Waals surface area contributed by atoms with Crippen molar-refractivity contribution in [2.45, 2.75) is 13.1 Å². The minimum atomic E-state index is -1.21. The lowest BCUT2D eigenvalue weighted by molar-refractivity contribution is -0.432. The van der Waals surface area contributed by atoms with Crippen LogP contribution in [0.3, 0.4) is 0 Å². The second-order valence-corrected chi connectivity index (χ2v) is 9.52. The molecule has 0 aliphatic heterocycles. The Hall–Kier alpha value is -7.18. The van der Waals surface area contributed by atoms with Crippen molar-refractivity contribution < 1.29 is 34.2 Å². The van der Waals surface area contributed by atoms with Crippen LogP contribution in [0.1, 0.15) is 31.8 Å². The van der Waals surface area contributed by atoms with Gasteiger partial charge in [-0.1, -0.05) is 60.7 Å². The maximum atomic E-state index is 13.6. The fourth-order valence-corrected chi connectivity index (χ4v) is 4.33. The van der Waals surface area contributed by atoms with Crippen molar-refractivity contribution in [3.63, 3.8) is 0 Å². The number of carbonyl (C=O) groups is 2. The summed E-state index contributed by atoms with van der Waals surface area (Å²) in [6, 6.07) is 18.6. The molecule has 0 saturated heterocycles. The predicted molar refractivity (Wildman–Crippen MR) is 162 cm³/mol. The summed E-state index contributed by atoms with van der Waals surface area (Å²) in [6.07, 6.45) is 0. The Morgan fingerprint density at radius 3 is 1.38 bits per heavy atom. The number of non-ortho nitro benzene ring substituents is 2. The molecule has 19 nitrogen and oxygen atoms in total. The van der Waals surface area contributed by atoms with Gasteiger partial charge in [0.2, 0.25) is 0 Å². The molecule has 0 aliphatic rings. The number of nitroso groups, excluding NO2 is 1. The zero-order valence-corrected chi connectivity index (χ0v) is 23.7. The normalized spacial score (nSPS) is 10.4. The number of nitrogens with zero attached hydrogens (tertiary/aromatic N) is 5. The van der Waals surface area contributed by atoms with E-state index in [1.807, 2.05) is 5.43 Å². The smallest absolute Gasteiger partial charge is 0.318 e. The van der Waals surface area contributed by atoms with E-state index in [-0.39, 0.29) is 13.1 Å². The van der Waals surface area contributed by atoms with Crippen LogP contribution in [-0.2, 0) is 13.1 Å². The lowest BCUT2D eigenvalue weighted by Gasteiger charge is -2.10. The number of hydrazine groups is 1. The standard InChI is InChI=1S/C28H20N8O11/c37-27(29-15-17-7-3-1-4-8-17)25-21(11-19(33(40)41)13-23(25)35(44)45)31-32(39)22-12-20(34(42)43)14-24(36(46)47)26(22)28(38)30-16-18-9-5-2-6-10-18/h1-14H,15-16H2,(H2-,29,30,31,37,38,39)/p+1. The molecule has 4 rings (SSSR count). The minimum absolute atomic E-state index is 0.156. The Bertz CT molecular complexity index is 1940. The number of nitro benzene ring substituents is 4. The van der Waals surface area contributed by atoms with Gasteiger partial charge in [0.25, 0.3) is 34.6 Å². The third-order valence-corrected chi connectivity index (χ3v) is 6.49. The molecule has 4 aromatic carbocycles. The zero-order chi connectivity index (χ0) is 34.2. The Morgan fingerprint density at radius 1 is 0.532 bits per heavy atom. The van der Waals surface area contributed by atoms with E-state index in [0.717, 1.165) is 0 Å². The first kappa shape index (κ1) is 32.7. The van der Waals surface area contributed by atoms with Crippen LogP contribution in [0.15, 0.2) is 84.9 Å². The van der Waals surface area contributed by atoms with E-state index >= 15 is 0 Å². The van der Waals surface area contributed by atoms with E-state index in [4.69, 9.17) is 0 Å². The van der Waals surface area contributed by atoms with Crippen molar-refractivity contribution in [3.05, 3.63) is 153 Å². The molecule has 0 aromatic heterocycles. The second-order valence-electron chi connectivity index (χ2n) is 9.52. The lowest BCUT2D eigenvalue weighted by atomic mass is 10.1. The molecule has 0 fully saturated rings. The van der Waals surface area contributed by atoms with Gasteiger partial charge in [-0.25, -0.2) is 0 Å². The van der Waals surface area contributed by atoms with E-state index in [2.05, 4.69) is 10.6 Å². The summed E-state index contributed by atoms with van der Waals surface area (Å²) in [5.74, 6) is -2.36. The molecule has 0 bridgehead atoms. The number of rotatable bonds is 13. The van der Waals surface area contributed by atoms with Crippen LogP contribution < -0.4 is 16.1 Å². The average molecular weight is 646 g/mol. The van der Waals surface area contributed by atoms with E-state index in [9.17, 15) is 55.0 Å². The van der Waals surface area contributed by atoms with Crippen LogP contribution in [-0.4, -0.2) is 36.4 Å². The van der Waals surface area contributed by atoms with E-state index in [1.54, 1.807) is 60.7 Å². The predicted octanol–water partition coefficient (Wildman–Crippen LogP) is 4.62. The summed E-state index contributed by atoms with van der Waals surface area (Å²) < 4.78 is 0. The van der Waals surface area contributed by atoms with Gasteiger partial charge in [-0.05, 0) is 11.1 Å². The highest BCUT2D eigenvalue weighted by Gasteiger charge is 2.39. The van der Waals surface area contributed by atoms with Gasteiger partial charge in [0.15, 0.2) is 10.4 Å². The third kappa shape index (κ3) is 7.67. The molecule has 0 unspecified atom stereocenters. The quantitative estimate of drug-likeness (QED) is 0.102. The molecule has 0 aliphatic carbocycles. The molecule has 0 radical (unpaired) electrons. The first-order valence-electron chi connectivity index (χ1n) is 13.2. The van der Waals surface area contributed by atoms with Crippen molar-refractivity contribution in [2.24, 2.45) is 0 Å². The number of hydrogen-bond acceptors (Lipinski definition) is 11. The van der Waals surface area contributed by atoms with Gasteiger partial charge < -0.3 is 10.6 Å². The van der Waals surface area contributed by atoms with Crippen molar-refractivity contribution in [1.82, 2.24) is 10.6 Å². The SMILES string of the molecule is O=C(NCc1ccccc1)c1c(N[N+](=O)c2cc([N+](=O)[O-])cc([N+](=O)[O-])c2C(=O)NCc2ccccc2)cc([N+](=O)[O-])cc1[N+](=O)[O-]. The van der Waals surface area contributed by atoms with Crippen LogP contribution in [0.2, 0.25) is 0 Å². The summed E-state index contributed by atoms with van der Waals surface area (Å²) in [7, 11) is 0. The fourth-order valence-electron chi connectivity index (χ4n) is 4.33. The summed E-state index contributed by atoms with van der Waals surface area (Å²) in [4.78, 5) is 82.4. The Kier molecular flexibility index (Phi) is 9.80. The average Bonchev–Trinajstić information content (AvgIpc) is 3.05. The number of nitro groups is 4. The van der Waals surface area contributed by atoms with E-state index < -0.39 is 81.6 Å². The number of hydrogen-bond donors (Lipinski definition) is 3. The third-order valence-electron chi connectivity index (χ3n) is 6.49. The first-order valence-corrected chi connectivity index (χ1v) is 13.2. The molecule has 47 heavy (non-hydrogen) atoms. The Balaban J connectivity index is 1.83. The van der Waals surface area contributed by atoms with Gasteiger partial charge in [-0.3, -0.25) is 50.0 Å². The number of benzene rings is 4. The van der Waals surface area contributed by atoms with Gasteiger partial charge in [-0.15, -0.1) is 5.43 Å². The topological polar surface area (TPSA) is 263 Å². The molecule has 0 heterocycles. The summed E-state index contributed by atoms with van der Waals surface area (Å²) in [6.45, 7) is -0.334. The Labute approximate surface area is 262 Å². The first-order chi connectivity index (χ1) is 22.4. The molecular weight excluding hydrogens is 624 g/mol. The molecule has 19 heteroatoms. The van der Waals surface area contributed by atoms with Gasteiger partial charge in [0, 0.05) is 19.2 Å². The molecule has 0 spiro atoms. The second kappa shape index (κ2) is 14.1. The minimum Gasteiger partial charge on any atom is -0.348 e. The number of amides is 2. The van der Waals surface area contributed by atoms with E-state index in [0.29, 0.717) is 35.4 Å². The van der Waals surface area contributed by atoms with Crippen molar-refractivity contribution in [1.29, 1.82) is 0 Å². The molecule has 0 saturated carbocycles. The Morgan fingerprint density at radius 2 is 0.936 bits per heavy atom. The highest BCUT2D eigenvalue weighted by molar-refractivity contribution is 6.04. The molecule has 238 valence electrons. The van der Waals surface area contributed by atoms with Gasteiger partial charge in [-0.2, -0.15) is 0 Å². The maximum Gasteiger partial charge on any atom is 0.318 e. The van der Waals surface area contributed by atoms with E-state index in [1.165, 1.54) is 0 Å². The maximum absolute atomic E-state index is 13.6. The molecule has 2 amide bonds. The van der Waals surface area contributed by atoms with Gasteiger partial charge >= 0.3 is 5.69 Å². The lowest BCUT2D eigenvalue weighted by Crippen LogP contribution is -2.27. The summed E-state index contributed by atoms with van der Waals surface area (Å²) in [5, 5.41) is 51.9. The van der Waals surface area contributed by atoms with Crippen molar-refractivity contribution in [2.75, 3.05) is 5.43 Å². The summed E-state index contributed by atoms with van der Waals surface area (Å²) >= 11 is 0. The molecular formula is C28H21N8O11+. The van der Waals surface area contributed by atoms with Crippen LogP contribution in [0.4, 0.5) is 34.1 Å². The molecule has 4 aromatic rings. The highest BCUT2D eigenvalue weighted by Crippen LogP contribution is 2.37. The number of anilines is 1. The van der Waals surface area contributed by atoms with Crippen LogP contribution in [0.25, 0.3) is 0 Å². The fraction of sp³-hybridized carbons (Fsp3) is 0.0714. The van der Waals surface area contributed by atoms with Crippen LogP contribution in [0, 0.1) is 45.4 Å². The number of carbonyl (C=O) groups excluding carboxylic acids is 2. The van der Waals surface area contributed by atoms with Crippen molar-refractivity contribution >= 4 is 45.9 Å². The van der Waals surface area contributed by atoms with Crippen molar-refractivity contribution in [3.8, 4) is 0 Å². The van der Waals surface area contributed by atoms with Gasteiger partial charge in [0.1, 0.15) is 11.3 Å². The highest BCUT2D eigenvalue weighted by atomic mass is 16.6.